The van der Waals surface area contributed by atoms with E-state index in [1.54, 1.807) is 26.2 Å². The van der Waals surface area contributed by atoms with Gasteiger partial charge in [-0.3, -0.25) is 4.90 Å². The van der Waals surface area contributed by atoms with Crippen molar-refractivity contribution >= 4 is 10.0 Å². The number of benzene rings is 2. The maximum atomic E-state index is 13.6. The van der Waals surface area contributed by atoms with Crippen LogP contribution in [0.3, 0.4) is 0 Å². The molecule has 0 fully saturated rings. The van der Waals surface area contributed by atoms with Crippen molar-refractivity contribution in [2.45, 2.75) is 37.4 Å². The molecule has 37 heavy (non-hydrogen) atoms. The quantitative estimate of drug-likeness (QED) is 0.545. The zero-order valence-corrected chi connectivity index (χ0v) is 22.5. The number of hydrogen-bond acceptors (Lipinski definition) is 8. The number of methoxy groups -OCH3 is 1. The molecular weight excluding hydrogens is 496 g/mol. The number of hydrogen-bond donors (Lipinski definition) is 1. The first kappa shape index (κ1) is 27.2. The highest BCUT2D eigenvalue weighted by Gasteiger charge is 2.38. The van der Waals surface area contributed by atoms with E-state index in [2.05, 4.69) is 16.7 Å². The molecule has 2 aromatic carbocycles. The second kappa shape index (κ2) is 11.7. The number of fused-ring (bicyclic) bond motifs is 2. The maximum Gasteiger partial charge on any atom is 0.247 e. The van der Waals surface area contributed by atoms with E-state index in [0.29, 0.717) is 18.7 Å². The third kappa shape index (κ3) is 6.20. The predicted molar refractivity (Wildman–Crippen MR) is 138 cm³/mol. The lowest BCUT2D eigenvalue weighted by molar-refractivity contribution is 0.0733. The van der Waals surface area contributed by atoms with Gasteiger partial charge >= 0.3 is 0 Å². The summed E-state index contributed by atoms with van der Waals surface area (Å²) >= 11 is 0. The first-order valence-electron chi connectivity index (χ1n) is 12.2. The molecule has 0 aromatic heterocycles. The Morgan fingerprint density at radius 2 is 1.97 bits per heavy atom. The van der Waals surface area contributed by atoms with Crippen LogP contribution in [-0.4, -0.2) is 82.1 Å². The molecular formula is C27H34N2O7S. The van der Waals surface area contributed by atoms with Gasteiger partial charge in [0.2, 0.25) is 16.8 Å². The third-order valence-corrected chi connectivity index (χ3v) is 8.52. The lowest BCUT2D eigenvalue weighted by Crippen LogP contribution is -2.49. The highest BCUT2D eigenvalue weighted by molar-refractivity contribution is 7.89. The highest BCUT2D eigenvalue weighted by Crippen LogP contribution is 2.35. The Bertz CT molecular complexity index is 1270. The van der Waals surface area contributed by atoms with Gasteiger partial charge in [0.25, 0.3) is 0 Å². The first-order valence-corrected chi connectivity index (χ1v) is 13.6. The van der Waals surface area contributed by atoms with Crippen LogP contribution in [0.5, 0.6) is 17.2 Å². The molecule has 2 aromatic rings. The topological polar surface area (TPSA) is 97.8 Å². The highest BCUT2D eigenvalue weighted by atomic mass is 32.2. The van der Waals surface area contributed by atoms with Gasteiger partial charge in [-0.2, -0.15) is 4.31 Å². The first-order chi connectivity index (χ1) is 17.7. The van der Waals surface area contributed by atoms with Gasteiger partial charge in [-0.1, -0.05) is 24.8 Å². The van der Waals surface area contributed by atoms with Gasteiger partial charge in [-0.25, -0.2) is 8.42 Å². The number of aliphatic hydroxyl groups is 1. The van der Waals surface area contributed by atoms with Gasteiger partial charge in [0, 0.05) is 44.3 Å². The zero-order chi connectivity index (χ0) is 26.6. The molecule has 10 heteroatoms. The van der Waals surface area contributed by atoms with E-state index >= 15 is 0 Å². The minimum absolute atomic E-state index is 0.0698. The lowest BCUT2D eigenvalue weighted by Gasteiger charge is -2.37. The van der Waals surface area contributed by atoms with Gasteiger partial charge in [0.15, 0.2) is 11.5 Å². The van der Waals surface area contributed by atoms with Crippen molar-refractivity contribution in [3.05, 3.63) is 47.5 Å². The molecule has 2 heterocycles. The van der Waals surface area contributed by atoms with E-state index in [1.807, 2.05) is 32.2 Å². The number of rotatable bonds is 7. The summed E-state index contributed by atoms with van der Waals surface area (Å²) in [6, 6.07) is 10.2. The summed E-state index contributed by atoms with van der Waals surface area (Å²) in [5.74, 6) is 7.46. The molecule has 0 radical (unpaired) electrons. The summed E-state index contributed by atoms with van der Waals surface area (Å²) in [6.07, 6.45) is -0.316. The van der Waals surface area contributed by atoms with Crippen LogP contribution in [0.2, 0.25) is 0 Å². The molecule has 2 aliphatic heterocycles. The van der Waals surface area contributed by atoms with Crippen LogP contribution in [0.15, 0.2) is 41.3 Å². The van der Waals surface area contributed by atoms with Crippen LogP contribution in [0.25, 0.3) is 0 Å². The molecule has 1 N–H and O–H groups in total. The number of ether oxygens (including phenoxy) is 4. The van der Waals surface area contributed by atoms with Crippen LogP contribution >= 0.6 is 0 Å². The molecule has 200 valence electrons. The monoisotopic (exact) mass is 530 g/mol. The largest absolute Gasteiger partial charge is 0.487 e. The minimum Gasteiger partial charge on any atom is -0.487 e. The second-order valence-electron chi connectivity index (χ2n) is 9.52. The molecule has 0 bridgehead atoms. The molecule has 3 atom stereocenters. The molecule has 2 aliphatic rings. The molecule has 9 nitrogen and oxygen atoms in total. The number of sulfonamides is 1. The van der Waals surface area contributed by atoms with E-state index in [4.69, 9.17) is 18.9 Å². The van der Waals surface area contributed by atoms with Crippen molar-refractivity contribution in [1.29, 1.82) is 0 Å². The van der Waals surface area contributed by atoms with Crippen LogP contribution in [-0.2, 0) is 21.3 Å². The van der Waals surface area contributed by atoms with Gasteiger partial charge in [0.1, 0.15) is 23.4 Å². The van der Waals surface area contributed by atoms with Crippen LogP contribution in [0.4, 0.5) is 0 Å². The summed E-state index contributed by atoms with van der Waals surface area (Å²) < 4.78 is 50.9. The van der Waals surface area contributed by atoms with Crippen LogP contribution < -0.4 is 14.2 Å². The van der Waals surface area contributed by atoms with Crippen LogP contribution in [0.1, 0.15) is 25.0 Å². The van der Waals surface area contributed by atoms with E-state index < -0.39 is 16.1 Å². The third-order valence-electron chi connectivity index (χ3n) is 6.50. The van der Waals surface area contributed by atoms with Gasteiger partial charge in [0.05, 0.1) is 6.61 Å². The minimum atomic E-state index is -3.90. The Balaban J connectivity index is 1.63. The molecule has 0 aliphatic carbocycles. The summed E-state index contributed by atoms with van der Waals surface area (Å²) in [5.41, 5.74) is 1.70. The molecule has 0 saturated carbocycles. The zero-order valence-electron chi connectivity index (χ0n) is 21.6. The molecule has 0 unspecified atom stereocenters. The summed E-state index contributed by atoms with van der Waals surface area (Å²) in [4.78, 5) is 2.21. The van der Waals surface area contributed by atoms with E-state index in [0.717, 1.165) is 17.1 Å². The smallest absolute Gasteiger partial charge is 0.247 e. The predicted octanol–water partition coefficient (Wildman–Crippen LogP) is 2.31. The van der Waals surface area contributed by atoms with Crippen molar-refractivity contribution in [1.82, 2.24) is 9.21 Å². The van der Waals surface area contributed by atoms with Crippen LogP contribution in [0, 0.1) is 17.8 Å². The average molecular weight is 531 g/mol. The van der Waals surface area contributed by atoms with Gasteiger partial charge < -0.3 is 24.1 Å². The number of likely N-dealkylation sites (N-methyl/N-ethyl adjacent to an activating group) is 1. The molecule has 0 spiro atoms. The van der Waals surface area contributed by atoms with Gasteiger partial charge in [-0.15, -0.1) is 0 Å². The Morgan fingerprint density at radius 3 is 2.73 bits per heavy atom. The second-order valence-corrected chi connectivity index (χ2v) is 11.4. The molecule has 4 rings (SSSR count). The fourth-order valence-electron chi connectivity index (χ4n) is 4.45. The molecule has 0 saturated heterocycles. The van der Waals surface area contributed by atoms with Crippen molar-refractivity contribution in [2.24, 2.45) is 5.92 Å². The fourth-order valence-corrected chi connectivity index (χ4v) is 6.28. The summed E-state index contributed by atoms with van der Waals surface area (Å²) in [7, 11) is -0.338. The standard InChI is InChI=1S/C27H34N2O7S/c1-19-14-29(20(2)17-30)37(31,32)27-10-8-21(6-5-11-33-4)12-25(27)36-26(19)16-28(3)15-22-7-9-23-24(13-22)35-18-34-23/h7-10,12-13,19-20,26,30H,11,14-18H2,1-4H3/t19-,20+,26+/m0/s1. The molecule has 0 amide bonds. The number of nitrogens with zero attached hydrogens (tertiary/aromatic N) is 2. The van der Waals surface area contributed by atoms with Crippen molar-refractivity contribution < 1.29 is 32.5 Å². The Morgan fingerprint density at radius 1 is 1.19 bits per heavy atom. The van der Waals surface area contributed by atoms with E-state index in [1.165, 1.54) is 10.4 Å². The van der Waals surface area contributed by atoms with Crippen molar-refractivity contribution in [3.8, 4) is 29.1 Å². The average Bonchev–Trinajstić information content (AvgIpc) is 3.34. The van der Waals surface area contributed by atoms with Crippen molar-refractivity contribution in [3.63, 3.8) is 0 Å². The summed E-state index contributed by atoms with van der Waals surface area (Å²) in [5, 5.41) is 9.83. The lowest BCUT2D eigenvalue weighted by atomic mass is 10.0. The summed E-state index contributed by atoms with van der Waals surface area (Å²) in [6.45, 7) is 5.31. The van der Waals surface area contributed by atoms with E-state index in [-0.39, 0.29) is 49.2 Å². The Labute approximate surface area is 218 Å². The Hall–Kier alpha value is -2.81. The fraction of sp³-hybridized carbons (Fsp3) is 0.481. The SMILES string of the molecule is COCC#Cc1ccc2c(c1)O[C@H](CN(C)Cc1ccc3c(c1)OCO3)[C@@H](C)CN([C@H](C)CO)S2(=O)=O. The van der Waals surface area contributed by atoms with Crippen molar-refractivity contribution in [2.75, 3.05) is 47.3 Å². The Kier molecular flexibility index (Phi) is 8.62. The van der Waals surface area contributed by atoms with Gasteiger partial charge in [-0.05, 0) is 49.9 Å². The number of aliphatic hydroxyl groups excluding tert-OH is 1. The normalized spacial score (nSPS) is 21.2. The van der Waals surface area contributed by atoms with E-state index in [9.17, 15) is 13.5 Å². The maximum absolute atomic E-state index is 13.6.